The van der Waals surface area contributed by atoms with E-state index in [-0.39, 0.29) is 0 Å². The zero-order valence-electron chi connectivity index (χ0n) is 9.05. The predicted molar refractivity (Wildman–Crippen MR) is 50.3 cm³/mol. The van der Waals surface area contributed by atoms with Crippen molar-refractivity contribution >= 4 is 5.97 Å². The van der Waals surface area contributed by atoms with Gasteiger partial charge in [-0.05, 0) is 18.6 Å². The molecule has 0 aliphatic rings. The summed E-state index contributed by atoms with van der Waals surface area (Å²) >= 11 is 0. The Kier molecular flexibility index (Phi) is 3.88. The summed E-state index contributed by atoms with van der Waals surface area (Å²) in [4.78, 5) is 13.5. The maximum absolute atomic E-state index is 12.6. The number of carboxylic acid groups (broad SMARTS) is 1. The number of carbonyl (C=O) groups is 1. The largest absolute Gasteiger partial charge is 0.481 e. The highest BCUT2D eigenvalue weighted by Crippen LogP contribution is 2.33. The number of pyridine rings is 1. The van der Waals surface area contributed by atoms with E-state index in [0.29, 0.717) is 6.07 Å². The van der Waals surface area contributed by atoms with Gasteiger partial charge in [-0.1, -0.05) is 0 Å². The quantitative estimate of drug-likeness (QED) is 0.858. The molecule has 0 amide bonds. The molecule has 1 aromatic heterocycles. The van der Waals surface area contributed by atoms with Gasteiger partial charge in [-0.25, -0.2) is 13.8 Å². The number of aliphatic carboxylic acids is 1. The summed E-state index contributed by atoms with van der Waals surface area (Å²) in [7, 11) is 0. The number of hydrogen-bond acceptors (Lipinski definition) is 2. The fourth-order valence-electron chi connectivity index (χ4n) is 1.43. The van der Waals surface area contributed by atoms with E-state index < -0.39 is 47.5 Å². The van der Waals surface area contributed by atoms with Crippen molar-refractivity contribution in [2.75, 3.05) is 0 Å². The van der Waals surface area contributed by atoms with E-state index in [2.05, 4.69) is 4.98 Å². The first kappa shape index (κ1) is 14.3. The van der Waals surface area contributed by atoms with Crippen molar-refractivity contribution in [3.05, 3.63) is 28.6 Å². The Morgan fingerprint density at radius 2 is 2.00 bits per heavy atom. The van der Waals surface area contributed by atoms with Gasteiger partial charge >= 0.3 is 12.1 Å². The highest BCUT2D eigenvalue weighted by atomic mass is 19.4. The molecule has 1 heterocycles. The van der Waals surface area contributed by atoms with Crippen molar-refractivity contribution in [2.45, 2.75) is 25.9 Å². The molecular formula is C10H8F5NO2. The van der Waals surface area contributed by atoms with Crippen molar-refractivity contribution in [2.24, 2.45) is 0 Å². The average Bonchev–Trinajstić information content (AvgIpc) is 2.17. The Bertz CT molecular complexity index is 470. The molecule has 0 atom stereocenters. The molecule has 1 rings (SSSR count). The summed E-state index contributed by atoms with van der Waals surface area (Å²) in [5, 5.41) is 8.47. The van der Waals surface area contributed by atoms with Crippen LogP contribution in [0.4, 0.5) is 22.0 Å². The summed E-state index contributed by atoms with van der Waals surface area (Å²) in [6.07, 6.45) is -8.90. The van der Waals surface area contributed by atoms with Crippen LogP contribution in [0.25, 0.3) is 0 Å². The molecular weight excluding hydrogens is 261 g/mol. The lowest BCUT2D eigenvalue weighted by Gasteiger charge is -2.14. The van der Waals surface area contributed by atoms with Gasteiger partial charge in [0.15, 0.2) is 0 Å². The molecule has 3 nitrogen and oxygen atoms in total. The molecule has 0 aromatic carbocycles. The second-order valence-corrected chi connectivity index (χ2v) is 3.54. The maximum atomic E-state index is 12.6. The zero-order chi connectivity index (χ0) is 14.1. The Balaban J connectivity index is 3.42. The number of hydrogen-bond donors (Lipinski definition) is 1. The number of aromatic nitrogens is 1. The van der Waals surface area contributed by atoms with Crippen LogP contribution in [0.1, 0.15) is 28.9 Å². The fourth-order valence-corrected chi connectivity index (χ4v) is 1.43. The van der Waals surface area contributed by atoms with Gasteiger partial charge in [-0.3, -0.25) is 4.79 Å². The first-order chi connectivity index (χ1) is 8.12. The SMILES string of the molecule is Cc1nc(C(F)(F)F)c(CC(=O)O)cc1C(F)F. The summed E-state index contributed by atoms with van der Waals surface area (Å²) in [5.74, 6) is -1.55. The van der Waals surface area contributed by atoms with E-state index in [4.69, 9.17) is 5.11 Å². The maximum Gasteiger partial charge on any atom is 0.433 e. The minimum atomic E-state index is -4.88. The minimum Gasteiger partial charge on any atom is -0.481 e. The molecule has 0 radical (unpaired) electrons. The molecule has 0 unspecified atom stereocenters. The van der Waals surface area contributed by atoms with Crippen LogP contribution in [0.2, 0.25) is 0 Å². The van der Waals surface area contributed by atoms with E-state index in [9.17, 15) is 26.7 Å². The van der Waals surface area contributed by atoms with Crippen molar-refractivity contribution < 1.29 is 31.9 Å². The summed E-state index contributed by atoms with van der Waals surface area (Å²) in [6, 6.07) is 0.546. The van der Waals surface area contributed by atoms with Crippen LogP contribution < -0.4 is 0 Å². The summed E-state index contributed by atoms with van der Waals surface area (Å²) in [6.45, 7) is 1.02. The average molecular weight is 269 g/mol. The molecule has 1 N–H and O–H groups in total. The Morgan fingerprint density at radius 1 is 1.44 bits per heavy atom. The van der Waals surface area contributed by atoms with E-state index >= 15 is 0 Å². The standard InChI is InChI=1S/C10H8F5NO2/c1-4-6(9(11)12)2-5(3-7(17)18)8(16-4)10(13,14)15/h2,9H,3H2,1H3,(H,17,18). The van der Waals surface area contributed by atoms with Crippen LogP contribution in [-0.4, -0.2) is 16.1 Å². The topological polar surface area (TPSA) is 50.2 Å². The fraction of sp³-hybridized carbons (Fsp3) is 0.400. The van der Waals surface area contributed by atoms with Crippen molar-refractivity contribution in [1.29, 1.82) is 0 Å². The Morgan fingerprint density at radius 3 is 2.39 bits per heavy atom. The van der Waals surface area contributed by atoms with Gasteiger partial charge in [0.1, 0.15) is 5.69 Å². The van der Waals surface area contributed by atoms with Gasteiger partial charge < -0.3 is 5.11 Å². The molecule has 18 heavy (non-hydrogen) atoms. The van der Waals surface area contributed by atoms with E-state index in [1.165, 1.54) is 0 Å². The molecule has 0 saturated carbocycles. The lowest BCUT2D eigenvalue weighted by atomic mass is 10.0. The number of halogens is 5. The zero-order valence-corrected chi connectivity index (χ0v) is 9.05. The Hall–Kier alpha value is -1.73. The first-order valence-corrected chi connectivity index (χ1v) is 4.70. The molecule has 0 saturated heterocycles. The van der Waals surface area contributed by atoms with Crippen LogP contribution >= 0.6 is 0 Å². The second-order valence-electron chi connectivity index (χ2n) is 3.54. The number of carboxylic acids is 1. The first-order valence-electron chi connectivity index (χ1n) is 4.70. The summed E-state index contributed by atoms with van der Waals surface area (Å²) in [5.41, 5.74) is -3.37. The number of alkyl halides is 5. The Labute approximate surface area is 98.3 Å². The molecule has 100 valence electrons. The molecule has 0 aliphatic heterocycles. The highest BCUT2D eigenvalue weighted by molar-refractivity contribution is 5.70. The van der Waals surface area contributed by atoms with Crippen LogP contribution in [0.5, 0.6) is 0 Å². The number of aryl methyl sites for hydroxylation is 1. The smallest absolute Gasteiger partial charge is 0.433 e. The second kappa shape index (κ2) is 4.87. The van der Waals surface area contributed by atoms with Crippen molar-refractivity contribution in [3.8, 4) is 0 Å². The summed E-state index contributed by atoms with van der Waals surface area (Å²) < 4.78 is 62.7. The van der Waals surface area contributed by atoms with Gasteiger partial charge in [0, 0.05) is 11.3 Å². The van der Waals surface area contributed by atoms with E-state index in [0.717, 1.165) is 6.92 Å². The third-order valence-corrected chi connectivity index (χ3v) is 2.18. The molecule has 0 spiro atoms. The van der Waals surface area contributed by atoms with Crippen molar-refractivity contribution in [1.82, 2.24) is 4.98 Å². The predicted octanol–water partition coefficient (Wildman–Crippen LogP) is 2.97. The van der Waals surface area contributed by atoms with Crippen LogP contribution in [0, 0.1) is 6.92 Å². The molecule has 0 fully saturated rings. The highest BCUT2D eigenvalue weighted by Gasteiger charge is 2.37. The van der Waals surface area contributed by atoms with Crippen molar-refractivity contribution in [3.63, 3.8) is 0 Å². The minimum absolute atomic E-state index is 0.466. The van der Waals surface area contributed by atoms with Gasteiger partial charge in [0.2, 0.25) is 0 Å². The number of nitrogens with zero attached hydrogens (tertiary/aromatic N) is 1. The van der Waals surface area contributed by atoms with Gasteiger partial charge in [0.05, 0.1) is 6.42 Å². The number of rotatable bonds is 3. The third-order valence-electron chi connectivity index (χ3n) is 2.18. The van der Waals surface area contributed by atoms with Gasteiger partial charge in [-0.15, -0.1) is 0 Å². The van der Waals surface area contributed by atoms with E-state index in [1.807, 2.05) is 0 Å². The van der Waals surface area contributed by atoms with Gasteiger partial charge in [-0.2, -0.15) is 13.2 Å². The van der Waals surface area contributed by atoms with Crippen LogP contribution in [-0.2, 0) is 17.4 Å². The van der Waals surface area contributed by atoms with Gasteiger partial charge in [0.25, 0.3) is 6.43 Å². The molecule has 0 aliphatic carbocycles. The third kappa shape index (κ3) is 3.14. The normalized spacial score (nSPS) is 11.9. The lowest BCUT2D eigenvalue weighted by molar-refractivity contribution is -0.142. The molecule has 1 aromatic rings. The molecule has 8 heteroatoms. The molecule has 0 bridgehead atoms. The lowest BCUT2D eigenvalue weighted by Crippen LogP contribution is -2.16. The monoisotopic (exact) mass is 269 g/mol. The van der Waals surface area contributed by atoms with Crippen LogP contribution in [0.15, 0.2) is 6.07 Å². The van der Waals surface area contributed by atoms with Crippen LogP contribution in [0.3, 0.4) is 0 Å². The van der Waals surface area contributed by atoms with E-state index in [1.54, 1.807) is 0 Å².